The van der Waals surface area contributed by atoms with Crippen molar-refractivity contribution in [1.82, 2.24) is 20.2 Å². The Morgan fingerprint density at radius 1 is 1.40 bits per heavy atom. The van der Waals surface area contributed by atoms with Gasteiger partial charge < -0.3 is 15.0 Å². The van der Waals surface area contributed by atoms with Crippen molar-refractivity contribution in [2.24, 2.45) is 5.92 Å². The molecule has 1 aliphatic heterocycles. The fraction of sp³-hybridized carbons (Fsp3) is 0.737. The van der Waals surface area contributed by atoms with Crippen LogP contribution in [0.1, 0.15) is 63.0 Å². The van der Waals surface area contributed by atoms with Crippen LogP contribution in [0.5, 0.6) is 0 Å². The van der Waals surface area contributed by atoms with Gasteiger partial charge in [-0.1, -0.05) is 13.8 Å². The number of carbonyl (C=O) groups is 1. The Kier molecular flexibility index (Phi) is 7.62. The molecule has 1 aromatic rings. The summed E-state index contributed by atoms with van der Waals surface area (Å²) in [5.41, 5.74) is 2.17. The van der Waals surface area contributed by atoms with Gasteiger partial charge in [0.25, 0.3) is 0 Å². The maximum Gasteiger partial charge on any atom is 0.317 e. The Morgan fingerprint density at radius 3 is 2.76 bits per heavy atom. The van der Waals surface area contributed by atoms with E-state index in [9.17, 15) is 4.79 Å². The average molecular weight is 348 g/mol. The third kappa shape index (κ3) is 5.96. The molecule has 2 amide bonds. The van der Waals surface area contributed by atoms with E-state index >= 15 is 0 Å². The van der Waals surface area contributed by atoms with Crippen LogP contribution in [0.25, 0.3) is 0 Å². The van der Waals surface area contributed by atoms with Crippen molar-refractivity contribution in [3.05, 3.63) is 23.3 Å². The van der Waals surface area contributed by atoms with E-state index in [2.05, 4.69) is 29.1 Å². The Bertz CT molecular complexity index is 554. The van der Waals surface area contributed by atoms with E-state index in [4.69, 9.17) is 4.74 Å². The number of urea groups is 1. The zero-order valence-corrected chi connectivity index (χ0v) is 16.0. The van der Waals surface area contributed by atoms with Crippen molar-refractivity contribution in [3.63, 3.8) is 0 Å². The summed E-state index contributed by atoms with van der Waals surface area (Å²) in [6.07, 6.45) is 4.78. The fourth-order valence-electron chi connectivity index (χ4n) is 3.12. The number of nitrogens with one attached hydrogen (secondary N) is 1. The van der Waals surface area contributed by atoms with Crippen LogP contribution < -0.4 is 5.32 Å². The summed E-state index contributed by atoms with van der Waals surface area (Å²) in [5.74, 6) is 1.77. The summed E-state index contributed by atoms with van der Waals surface area (Å²) in [7, 11) is 0. The van der Waals surface area contributed by atoms with Gasteiger partial charge in [-0.05, 0) is 39.0 Å². The highest BCUT2D eigenvalue weighted by Crippen LogP contribution is 2.29. The first-order valence-electron chi connectivity index (χ1n) is 9.44. The Balaban J connectivity index is 1.91. The minimum Gasteiger partial charge on any atom is -0.377 e. The largest absolute Gasteiger partial charge is 0.377 e. The standard InChI is InChI=1S/C19H32N4O2/c1-5-25-13-17-12-21-15(4)22-18(17)16-7-10-23(11-8-16)19(24)20-9-6-14(2)3/h12,14,16H,5-11,13H2,1-4H3,(H,20,24). The first-order chi connectivity index (χ1) is 12.0. The molecular weight excluding hydrogens is 316 g/mol. The molecule has 0 unspecified atom stereocenters. The number of ether oxygens (including phenoxy) is 1. The molecule has 1 aliphatic rings. The lowest BCUT2D eigenvalue weighted by molar-refractivity contribution is 0.131. The topological polar surface area (TPSA) is 67.4 Å². The lowest BCUT2D eigenvalue weighted by Crippen LogP contribution is -2.44. The summed E-state index contributed by atoms with van der Waals surface area (Å²) in [4.78, 5) is 23.2. The molecular formula is C19H32N4O2. The second-order valence-electron chi connectivity index (χ2n) is 7.14. The number of hydrogen-bond donors (Lipinski definition) is 1. The molecule has 2 rings (SSSR count). The maximum atomic E-state index is 12.3. The Hall–Kier alpha value is -1.69. The SMILES string of the molecule is CCOCc1cnc(C)nc1C1CCN(C(=O)NCCC(C)C)CC1. The van der Waals surface area contributed by atoms with Crippen LogP contribution in [-0.4, -0.2) is 47.1 Å². The van der Waals surface area contributed by atoms with E-state index in [-0.39, 0.29) is 6.03 Å². The highest BCUT2D eigenvalue weighted by Gasteiger charge is 2.26. The summed E-state index contributed by atoms with van der Waals surface area (Å²) < 4.78 is 5.56. The molecule has 25 heavy (non-hydrogen) atoms. The van der Waals surface area contributed by atoms with E-state index in [0.29, 0.717) is 25.0 Å². The summed E-state index contributed by atoms with van der Waals surface area (Å²) in [5, 5.41) is 3.03. The monoisotopic (exact) mass is 348 g/mol. The molecule has 0 spiro atoms. The van der Waals surface area contributed by atoms with E-state index in [1.165, 1.54) is 0 Å². The minimum absolute atomic E-state index is 0.0625. The smallest absolute Gasteiger partial charge is 0.317 e. The van der Waals surface area contributed by atoms with Crippen LogP contribution in [-0.2, 0) is 11.3 Å². The number of hydrogen-bond acceptors (Lipinski definition) is 4. The lowest BCUT2D eigenvalue weighted by Gasteiger charge is -2.32. The van der Waals surface area contributed by atoms with Crippen molar-refractivity contribution < 1.29 is 9.53 Å². The van der Waals surface area contributed by atoms with Gasteiger partial charge >= 0.3 is 6.03 Å². The molecule has 1 aromatic heterocycles. The van der Waals surface area contributed by atoms with Crippen molar-refractivity contribution in [3.8, 4) is 0 Å². The summed E-state index contributed by atoms with van der Waals surface area (Å²) >= 11 is 0. The van der Waals surface area contributed by atoms with Crippen molar-refractivity contribution in [1.29, 1.82) is 0 Å². The van der Waals surface area contributed by atoms with Gasteiger partial charge in [0.2, 0.25) is 0 Å². The van der Waals surface area contributed by atoms with Gasteiger partial charge in [-0.2, -0.15) is 0 Å². The van der Waals surface area contributed by atoms with Crippen LogP contribution >= 0.6 is 0 Å². The molecule has 1 N–H and O–H groups in total. The van der Waals surface area contributed by atoms with Gasteiger partial charge in [-0.15, -0.1) is 0 Å². The quantitative estimate of drug-likeness (QED) is 0.821. The van der Waals surface area contributed by atoms with Crippen molar-refractivity contribution >= 4 is 6.03 Å². The van der Waals surface area contributed by atoms with Crippen molar-refractivity contribution in [2.45, 2.75) is 59.5 Å². The third-order valence-electron chi connectivity index (χ3n) is 4.65. The first-order valence-corrected chi connectivity index (χ1v) is 9.44. The first kappa shape index (κ1) is 19.6. The van der Waals surface area contributed by atoms with Gasteiger partial charge in [0.05, 0.1) is 12.3 Å². The fourth-order valence-corrected chi connectivity index (χ4v) is 3.12. The molecule has 6 heteroatoms. The predicted octanol–water partition coefficient (Wildman–Crippen LogP) is 3.26. The molecule has 0 saturated carbocycles. The number of carbonyl (C=O) groups excluding carboxylic acids is 1. The number of amides is 2. The van der Waals surface area contributed by atoms with Gasteiger partial charge in [0, 0.05) is 43.9 Å². The molecule has 0 aromatic carbocycles. The van der Waals surface area contributed by atoms with Gasteiger partial charge in [-0.25, -0.2) is 14.8 Å². The number of aryl methyl sites for hydroxylation is 1. The van der Waals surface area contributed by atoms with E-state index in [1.54, 1.807) is 0 Å². The molecule has 2 heterocycles. The van der Waals surface area contributed by atoms with Gasteiger partial charge in [-0.3, -0.25) is 0 Å². The van der Waals surface area contributed by atoms with Crippen LogP contribution in [0.4, 0.5) is 4.79 Å². The zero-order chi connectivity index (χ0) is 18.2. The number of likely N-dealkylation sites (tertiary alicyclic amines) is 1. The summed E-state index contributed by atoms with van der Waals surface area (Å²) in [6, 6.07) is 0.0625. The zero-order valence-electron chi connectivity index (χ0n) is 16.0. The number of rotatable bonds is 7. The molecule has 1 fully saturated rings. The van der Waals surface area contributed by atoms with E-state index in [1.807, 2.05) is 24.9 Å². The lowest BCUT2D eigenvalue weighted by atomic mass is 9.91. The van der Waals surface area contributed by atoms with Gasteiger partial charge in [0.1, 0.15) is 5.82 Å². The van der Waals surface area contributed by atoms with Gasteiger partial charge in [0.15, 0.2) is 0 Å². The van der Waals surface area contributed by atoms with Crippen LogP contribution in [0, 0.1) is 12.8 Å². The molecule has 140 valence electrons. The second-order valence-corrected chi connectivity index (χ2v) is 7.14. The summed E-state index contributed by atoms with van der Waals surface area (Å²) in [6.45, 7) is 11.8. The third-order valence-corrected chi connectivity index (χ3v) is 4.65. The Morgan fingerprint density at radius 2 is 2.12 bits per heavy atom. The highest BCUT2D eigenvalue weighted by atomic mass is 16.5. The Labute approximate surface area is 151 Å². The van der Waals surface area contributed by atoms with E-state index in [0.717, 1.165) is 56.0 Å². The average Bonchev–Trinajstić information content (AvgIpc) is 2.60. The van der Waals surface area contributed by atoms with Crippen LogP contribution in [0.2, 0.25) is 0 Å². The molecule has 0 atom stereocenters. The normalized spacial score (nSPS) is 15.6. The van der Waals surface area contributed by atoms with Crippen molar-refractivity contribution in [2.75, 3.05) is 26.2 Å². The molecule has 6 nitrogen and oxygen atoms in total. The van der Waals surface area contributed by atoms with E-state index < -0.39 is 0 Å². The maximum absolute atomic E-state index is 12.3. The minimum atomic E-state index is 0.0625. The second kappa shape index (κ2) is 9.70. The molecule has 0 bridgehead atoms. The van der Waals surface area contributed by atoms with Crippen LogP contribution in [0.3, 0.4) is 0 Å². The predicted molar refractivity (Wildman–Crippen MR) is 98.5 cm³/mol. The number of piperidine rings is 1. The molecule has 0 aliphatic carbocycles. The highest BCUT2D eigenvalue weighted by molar-refractivity contribution is 5.74. The molecule has 1 saturated heterocycles. The molecule has 0 radical (unpaired) electrons. The number of nitrogens with zero attached hydrogens (tertiary/aromatic N) is 3. The van der Waals surface area contributed by atoms with Crippen LogP contribution in [0.15, 0.2) is 6.20 Å². The number of aromatic nitrogens is 2.